The zero-order chi connectivity index (χ0) is 18.7. The fraction of sp³-hybridized carbons (Fsp3) is 0.462. The summed E-state index contributed by atoms with van der Waals surface area (Å²) in [7, 11) is 0. The third kappa shape index (κ3) is 3.97. The van der Waals surface area contributed by atoms with E-state index in [4.69, 9.17) is 0 Å². The van der Waals surface area contributed by atoms with Gasteiger partial charge in [-0.1, -0.05) is 0 Å². The molecular formula is C13H17N7O5. The van der Waals surface area contributed by atoms with Gasteiger partial charge in [-0.3, -0.25) is 19.6 Å². The van der Waals surface area contributed by atoms with Crippen LogP contribution in [0.15, 0.2) is 6.07 Å². The van der Waals surface area contributed by atoms with Gasteiger partial charge in [0.1, 0.15) is 17.9 Å². The summed E-state index contributed by atoms with van der Waals surface area (Å²) in [6.45, 7) is 5.03. The van der Waals surface area contributed by atoms with E-state index in [-0.39, 0.29) is 42.7 Å². The predicted octanol–water partition coefficient (Wildman–Crippen LogP) is 0.638. The second kappa shape index (κ2) is 7.07. The maximum atomic E-state index is 12.0. The van der Waals surface area contributed by atoms with Gasteiger partial charge in [0.2, 0.25) is 5.91 Å². The number of rotatable bonds is 7. The normalized spacial score (nSPS) is 10.7. The van der Waals surface area contributed by atoms with E-state index in [0.29, 0.717) is 11.4 Å². The van der Waals surface area contributed by atoms with Crippen LogP contribution in [0.1, 0.15) is 17.1 Å². The molecule has 0 saturated carbocycles. The molecule has 0 spiro atoms. The molecule has 0 atom stereocenters. The van der Waals surface area contributed by atoms with Gasteiger partial charge in [0.15, 0.2) is 0 Å². The monoisotopic (exact) mass is 351 g/mol. The zero-order valence-corrected chi connectivity index (χ0v) is 13.9. The molecule has 2 aromatic heterocycles. The Morgan fingerprint density at radius 3 is 2.36 bits per heavy atom. The minimum Gasteiger partial charge on any atom is -0.358 e. The molecule has 0 radical (unpaired) electrons. The van der Waals surface area contributed by atoms with Crippen molar-refractivity contribution in [2.45, 2.75) is 33.9 Å². The summed E-state index contributed by atoms with van der Waals surface area (Å²) in [5.74, 6) is -0.626. The van der Waals surface area contributed by atoms with Crippen LogP contribution in [0.3, 0.4) is 0 Å². The van der Waals surface area contributed by atoms with E-state index in [1.54, 1.807) is 6.92 Å². The minimum absolute atomic E-state index is 0.104. The quantitative estimate of drug-likeness (QED) is 0.567. The topological polar surface area (TPSA) is 151 Å². The molecule has 0 unspecified atom stereocenters. The highest BCUT2D eigenvalue weighted by Crippen LogP contribution is 2.21. The summed E-state index contributed by atoms with van der Waals surface area (Å²) in [6.07, 6.45) is 0. The van der Waals surface area contributed by atoms with Crippen molar-refractivity contribution >= 4 is 17.4 Å². The van der Waals surface area contributed by atoms with Gasteiger partial charge >= 0.3 is 11.5 Å². The summed E-state index contributed by atoms with van der Waals surface area (Å²) < 4.78 is 2.69. The Morgan fingerprint density at radius 2 is 1.84 bits per heavy atom. The van der Waals surface area contributed by atoms with Gasteiger partial charge in [0, 0.05) is 6.54 Å². The Morgan fingerprint density at radius 1 is 1.16 bits per heavy atom. The van der Waals surface area contributed by atoms with Crippen LogP contribution in [0.5, 0.6) is 0 Å². The number of aryl methyl sites for hydroxylation is 2. The highest BCUT2D eigenvalue weighted by molar-refractivity contribution is 5.75. The van der Waals surface area contributed by atoms with Gasteiger partial charge in [-0.25, -0.2) is 0 Å². The summed E-state index contributed by atoms with van der Waals surface area (Å²) >= 11 is 0. The number of nitro groups is 2. The van der Waals surface area contributed by atoms with Crippen molar-refractivity contribution in [3.63, 3.8) is 0 Å². The third-order valence-electron chi connectivity index (χ3n) is 3.62. The van der Waals surface area contributed by atoms with E-state index in [1.807, 2.05) is 0 Å². The molecule has 0 saturated heterocycles. The van der Waals surface area contributed by atoms with Crippen LogP contribution in [0, 0.1) is 41.0 Å². The van der Waals surface area contributed by atoms with Crippen molar-refractivity contribution in [3.05, 3.63) is 43.4 Å². The Labute approximate surface area is 141 Å². The van der Waals surface area contributed by atoms with Crippen molar-refractivity contribution in [2.24, 2.45) is 0 Å². The number of nitrogens with zero attached hydrogens (tertiary/aromatic N) is 6. The van der Waals surface area contributed by atoms with Gasteiger partial charge in [-0.15, -0.1) is 0 Å². The summed E-state index contributed by atoms with van der Waals surface area (Å²) in [5.41, 5.74) is 1.05. The average Bonchev–Trinajstić information content (AvgIpc) is 3.00. The minimum atomic E-state index is -0.586. The Hall–Kier alpha value is -3.31. The average molecular weight is 351 g/mol. The molecule has 0 aliphatic heterocycles. The largest absolute Gasteiger partial charge is 0.390 e. The lowest BCUT2D eigenvalue weighted by molar-refractivity contribution is -0.389. The van der Waals surface area contributed by atoms with Crippen LogP contribution in [-0.2, 0) is 17.9 Å². The summed E-state index contributed by atoms with van der Waals surface area (Å²) in [5, 5.41) is 32.0. The molecule has 0 aromatic carbocycles. The van der Waals surface area contributed by atoms with E-state index in [1.165, 1.54) is 29.3 Å². The lowest BCUT2D eigenvalue weighted by Gasteiger charge is -2.06. The van der Waals surface area contributed by atoms with E-state index >= 15 is 0 Å². The van der Waals surface area contributed by atoms with Crippen LogP contribution in [0.2, 0.25) is 0 Å². The van der Waals surface area contributed by atoms with E-state index in [9.17, 15) is 25.0 Å². The Bertz CT molecular complexity index is 838. The van der Waals surface area contributed by atoms with Crippen LogP contribution < -0.4 is 5.32 Å². The first kappa shape index (κ1) is 18.0. The second-order valence-electron chi connectivity index (χ2n) is 5.41. The van der Waals surface area contributed by atoms with Crippen LogP contribution >= 0.6 is 0 Å². The van der Waals surface area contributed by atoms with Crippen LogP contribution in [0.4, 0.5) is 11.5 Å². The highest BCUT2D eigenvalue weighted by Gasteiger charge is 2.22. The Kier molecular flexibility index (Phi) is 5.10. The molecule has 2 aromatic rings. The van der Waals surface area contributed by atoms with Crippen molar-refractivity contribution in [1.82, 2.24) is 24.9 Å². The maximum Gasteiger partial charge on any atom is 0.390 e. The van der Waals surface area contributed by atoms with E-state index in [2.05, 4.69) is 15.5 Å². The van der Waals surface area contributed by atoms with Crippen LogP contribution in [0.25, 0.3) is 0 Å². The smallest absolute Gasteiger partial charge is 0.358 e. The molecule has 0 aliphatic carbocycles. The Balaban J connectivity index is 1.93. The lowest BCUT2D eigenvalue weighted by Crippen LogP contribution is -2.31. The first-order chi connectivity index (χ1) is 11.7. The van der Waals surface area contributed by atoms with Crippen molar-refractivity contribution < 1.29 is 14.6 Å². The van der Waals surface area contributed by atoms with E-state index < -0.39 is 9.85 Å². The van der Waals surface area contributed by atoms with Crippen molar-refractivity contribution in [3.8, 4) is 0 Å². The van der Waals surface area contributed by atoms with Gasteiger partial charge in [-0.2, -0.15) is 9.78 Å². The zero-order valence-electron chi connectivity index (χ0n) is 13.9. The first-order valence-corrected chi connectivity index (χ1v) is 7.34. The summed E-state index contributed by atoms with van der Waals surface area (Å²) in [4.78, 5) is 32.5. The summed E-state index contributed by atoms with van der Waals surface area (Å²) in [6, 6.07) is 1.34. The standard InChI is InChI=1S/C13H17N7O5/c1-8-6-11(19(22)23)16-17(8)5-4-14-12(21)7-18-10(3)13(20(24)25)9(2)15-18/h6H,4-5,7H2,1-3H3,(H,14,21). The number of hydrogen-bond donors (Lipinski definition) is 1. The number of aromatic nitrogens is 4. The fourth-order valence-corrected chi connectivity index (χ4v) is 2.41. The van der Waals surface area contributed by atoms with E-state index in [0.717, 1.165) is 0 Å². The number of carbonyl (C=O) groups is 1. The molecule has 2 rings (SSSR count). The third-order valence-corrected chi connectivity index (χ3v) is 3.62. The van der Waals surface area contributed by atoms with Gasteiger partial charge in [0.05, 0.1) is 28.3 Å². The molecule has 0 bridgehead atoms. The molecule has 0 fully saturated rings. The molecule has 25 heavy (non-hydrogen) atoms. The number of amides is 1. The number of nitrogens with one attached hydrogen (secondary N) is 1. The number of carbonyl (C=O) groups excluding carboxylic acids is 1. The predicted molar refractivity (Wildman–Crippen MR) is 85.0 cm³/mol. The van der Waals surface area contributed by atoms with Crippen molar-refractivity contribution in [2.75, 3.05) is 6.54 Å². The first-order valence-electron chi connectivity index (χ1n) is 7.34. The van der Waals surface area contributed by atoms with Gasteiger partial charge in [-0.05, 0) is 25.7 Å². The van der Waals surface area contributed by atoms with Gasteiger partial charge in [0.25, 0.3) is 0 Å². The highest BCUT2D eigenvalue weighted by atomic mass is 16.6. The molecule has 0 aliphatic rings. The molecule has 12 nitrogen and oxygen atoms in total. The molecule has 12 heteroatoms. The molecule has 1 amide bonds. The molecule has 1 N–H and O–H groups in total. The second-order valence-corrected chi connectivity index (χ2v) is 5.41. The van der Waals surface area contributed by atoms with Gasteiger partial charge < -0.3 is 15.4 Å². The SMILES string of the molecule is Cc1nn(CC(=O)NCCn2nc([N+](=O)[O-])cc2C)c(C)c1[N+](=O)[O-]. The molecular weight excluding hydrogens is 334 g/mol. The van der Waals surface area contributed by atoms with Crippen LogP contribution in [-0.4, -0.2) is 41.9 Å². The molecule has 2 heterocycles. The van der Waals surface area contributed by atoms with Crippen molar-refractivity contribution in [1.29, 1.82) is 0 Å². The fourth-order valence-electron chi connectivity index (χ4n) is 2.41. The molecule has 134 valence electrons. The lowest BCUT2D eigenvalue weighted by atomic mass is 10.3. The maximum absolute atomic E-state index is 12.0. The number of hydrogen-bond acceptors (Lipinski definition) is 7.